The molecule has 96 valence electrons. The Bertz CT molecular complexity index is 353. The molecule has 1 aromatic rings. The third-order valence-electron chi connectivity index (χ3n) is 2.66. The van der Waals surface area contributed by atoms with Crippen LogP contribution in [0.1, 0.15) is 63.2 Å². The maximum absolute atomic E-state index is 9.25. The van der Waals surface area contributed by atoms with Gasteiger partial charge < -0.3 is 9.84 Å². The van der Waals surface area contributed by atoms with E-state index in [1.165, 1.54) is 0 Å². The van der Waals surface area contributed by atoms with E-state index in [4.69, 9.17) is 4.74 Å². The van der Waals surface area contributed by atoms with Crippen LogP contribution in [-0.4, -0.2) is 21.7 Å². The Hall–Kier alpha value is -1.00. The van der Waals surface area contributed by atoms with Gasteiger partial charge in [0.2, 0.25) is 0 Å². The molecule has 0 bridgehead atoms. The summed E-state index contributed by atoms with van der Waals surface area (Å²) in [7, 11) is 0. The second-order valence-corrected chi connectivity index (χ2v) is 4.30. The Morgan fingerprint density at radius 1 is 1.35 bits per heavy atom. The molecule has 1 unspecified atom stereocenters. The number of aromatic nitrogens is 2. The summed E-state index contributed by atoms with van der Waals surface area (Å²) in [6.45, 7) is 8.78. The highest BCUT2D eigenvalue weighted by molar-refractivity contribution is 5.20. The van der Waals surface area contributed by atoms with Crippen molar-refractivity contribution < 1.29 is 9.84 Å². The predicted octanol–water partition coefficient (Wildman–Crippen LogP) is 2.58. The number of nitrogens with zero attached hydrogens (tertiary/aromatic N) is 2. The summed E-state index contributed by atoms with van der Waals surface area (Å²) >= 11 is 0. The first-order chi connectivity index (χ1) is 8.13. The summed E-state index contributed by atoms with van der Waals surface area (Å²) in [4.78, 5) is 8.82. The molecule has 0 aliphatic heterocycles. The van der Waals surface area contributed by atoms with Gasteiger partial charge in [0.1, 0.15) is 6.10 Å². The van der Waals surface area contributed by atoms with Crippen LogP contribution in [-0.2, 0) is 11.3 Å². The fourth-order valence-corrected chi connectivity index (χ4v) is 1.79. The minimum atomic E-state index is -0.0507. The maximum Gasteiger partial charge on any atom is 0.157 e. The summed E-state index contributed by atoms with van der Waals surface area (Å²) in [5.41, 5.74) is 1.71. The van der Waals surface area contributed by atoms with E-state index in [1.807, 2.05) is 6.92 Å². The van der Waals surface area contributed by atoms with Crippen molar-refractivity contribution in [3.63, 3.8) is 0 Å². The number of ether oxygens (including phenoxy) is 1. The number of aliphatic hydroxyl groups excluding tert-OH is 1. The van der Waals surface area contributed by atoms with Crippen LogP contribution in [0.3, 0.4) is 0 Å². The first kappa shape index (κ1) is 14.1. The summed E-state index contributed by atoms with van der Waals surface area (Å²) in [5.74, 6) is 0.994. The molecule has 4 heteroatoms. The molecule has 0 radical (unpaired) electrons. The molecular weight excluding hydrogens is 216 g/mol. The fourth-order valence-electron chi connectivity index (χ4n) is 1.79. The molecule has 1 atom stereocenters. The number of hydrogen-bond acceptors (Lipinski definition) is 4. The summed E-state index contributed by atoms with van der Waals surface area (Å²) in [6.07, 6.45) is 2.51. The molecule has 0 saturated heterocycles. The predicted molar refractivity (Wildman–Crippen MR) is 66.7 cm³/mol. The highest BCUT2D eigenvalue weighted by Gasteiger charge is 2.16. The van der Waals surface area contributed by atoms with Gasteiger partial charge in [-0.2, -0.15) is 0 Å². The average Bonchev–Trinajstić information content (AvgIpc) is 2.35. The average molecular weight is 238 g/mol. The lowest BCUT2D eigenvalue weighted by atomic mass is 10.1. The second kappa shape index (κ2) is 6.67. The molecule has 0 aromatic carbocycles. The van der Waals surface area contributed by atoms with Crippen LogP contribution in [0.2, 0.25) is 0 Å². The van der Waals surface area contributed by atoms with E-state index in [0.717, 1.165) is 23.5 Å². The van der Waals surface area contributed by atoms with E-state index in [1.54, 1.807) is 6.20 Å². The van der Waals surface area contributed by atoms with Crippen molar-refractivity contribution in [2.45, 2.75) is 52.7 Å². The zero-order chi connectivity index (χ0) is 12.8. The lowest BCUT2D eigenvalue weighted by Gasteiger charge is -2.16. The van der Waals surface area contributed by atoms with Gasteiger partial charge in [0.15, 0.2) is 5.82 Å². The Labute approximate surface area is 103 Å². The van der Waals surface area contributed by atoms with Gasteiger partial charge in [-0.25, -0.2) is 9.97 Å². The molecule has 4 nitrogen and oxygen atoms in total. The number of aliphatic hydroxyl groups is 1. The third-order valence-corrected chi connectivity index (χ3v) is 2.66. The van der Waals surface area contributed by atoms with Gasteiger partial charge in [-0.15, -0.1) is 0 Å². The second-order valence-electron chi connectivity index (χ2n) is 4.30. The van der Waals surface area contributed by atoms with Crippen LogP contribution in [0.5, 0.6) is 0 Å². The Morgan fingerprint density at radius 3 is 2.53 bits per heavy atom. The Morgan fingerprint density at radius 2 is 2.06 bits per heavy atom. The van der Waals surface area contributed by atoms with Gasteiger partial charge in [-0.3, -0.25) is 0 Å². The van der Waals surface area contributed by atoms with Gasteiger partial charge in [0, 0.05) is 18.4 Å². The minimum Gasteiger partial charge on any atom is -0.392 e. The first-order valence-electron chi connectivity index (χ1n) is 6.22. The van der Waals surface area contributed by atoms with E-state index in [0.29, 0.717) is 6.61 Å². The molecular formula is C13H22N2O2. The van der Waals surface area contributed by atoms with Crippen molar-refractivity contribution >= 4 is 0 Å². The van der Waals surface area contributed by atoms with E-state index in [2.05, 4.69) is 30.7 Å². The minimum absolute atomic E-state index is 0.0147. The van der Waals surface area contributed by atoms with Crippen LogP contribution in [0.15, 0.2) is 6.20 Å². The molecule has 0 amide bonds. The van der Waals surface area contributed by atoms with Crippen molar-refractivity contribution in [1.29, 1.82) is 0 Å². The van der Waals surface area contributed by atoms with Gasteiger partial charge in [-0.05, 0) is 19.3 Å². The Balaban J connectivity index is 3.05. The summed E-state index contributed by atoms with van der Waals surface area (Å²) in [5, 5.41) is 9.25. The van der Waals surface area contributed by atoms with Gasteiger partial charge in [0.05, 0.1) is 12.3 Å². The number of hydrogen-bond donors (Lipinski definition) is 1. The van der Waals surface area contributed by atoms with Crippen molar-refractivity contribution in [1.82, 2.24) is 9.97 Å². The molecule has 17 heavy (non-hydrogen) atoms. The van der Waals surface area contributed by atoms with Crippen molar-refractivity contribution in [2.24, 2.45) is 0 Å². The number of rotatable bonds is 6. The molecule has 1 rings (SSSR count). The third kappa shape index (κ3) is 3.48. The SMILES string of the molecule is CCOC(CC)c1ncc(CO)c(C(C)C)n1. The smallest absolute Gasteiger partial charge is 0.157 e. The van der Waals surface area contributed by atoms with Crippen molar-refractivity contribution in [2.75, 3.05) is 6.61 Å². The van der Waals surface area contributed by atoms with Crippen molar-refractivity contribution in [3.05, 3.63) is 23.3 Å². The van der Waals surface area contributed by atoms with Crippen LogP contribution < -0.4 is 0 Å². The monoisotopic (exact) mass is 238 g/mol. The quantitative estimate of drug-likeness (QED) is 0.827. The van der Waals surface area contributed by atoms with E-state index in [9.17, 15) is 5.11 Å². The molecule has 0 saturated carbocycles. The molecule has 0 fully saturated rings. The van der Waals surface area contributed by atoms with Gasteiger partial charge in [0.25, 0.3) is 0 Å². The first-order valence-corrected chi connectivity index (χ1v) is 6.22. The van der Waals surface area contributed by atoms with Crippen LogP contribution >= 0.6 is 0 Å². The summed E-state index contributed by atoms with van der Waals surface area (Å²) in [6, 6.07) is 0. The molecule has 1 N–H and O–H groups in total. The van der Waals surface area contributed by atoms with Gasteiger partial charge >= 0.3 is 0 Å². The fraction of sp³-hybridized carbons (Fsp3) is 0.692. The molecule has 0 aliphatic carbocycles. The molecule has 0 spiro atoms. The van der Waals surface area contributed by atoms with Gasteiger partial charge in [-0.1, -0.05) is 20.8 Å². The lowest BCUT2D eigenvalue weighted by molar-refractivity contribution is 0.0531. The van der Waals surface area contributed by atoms with Crippen molar-refractivity contribution in [3.8, 4) is 0 Å². The molecule has 1 aromatic heterocycles. The van der Waals surface area contributed by atoms with E-state index in [-0.39, 0.29) is 18.6 Å². The van der Waals surface area contributed by atoms with Crippen LogP contribution in [0.25, 0.3) is 0 Å². The zero-order valence-corrected chi connectivity index (χ0v) is 11.1. The molecule has 0 aliphatic rings. The van der Waals surface area contributed by atoms with E-state index < -0.39 is 0 Å². The maximum atomic E-state index is 9.25. The standard InChI is InChI=1S/C13H22N2O2/c1-5-11(17-6-2)13-14-7-10(8-16)12(15-13)9(3)4/h7,9,11,16H,5-6,8H2,1-4H3. The molecule has 1 heterocycles. The lowest BCUT2D eigenvalue weighted by Crippen LogP contribution is -2.12. The zero-order valence-electron chi connectivity index (χ0n) is 11.1. The highest BCUT2D eigenvalue weighted by atomic mass is 16.5. The topological polar surface area (TPSA) is 55.2 Å². The van der Waals surface area contributed by atoms with Crippen LogP contribution in [0.4, 0.5) is 0 Å². The van der Waals surface area contributed by atoms with Crippen LogP contribution in [0, 0.1) is 0 Å². The Kier molecular flexibility index (Phi) is 5.51. The van der Waals surface area contributed by atoms with E-state index >= 15 is 0 Å². The summed E-state index contributed by atoms with van der Waals surface area (Å²) < 4.78 is 5.60. The highest BCUT2D eigenvalue weighted by Crippen LogP contribution is 2.22. The largest absolute Gasteiger partial charge is 0.392 e. The normalized spacial score (nSPS) is 13.1.